The molecule has 0 aliphatic heterocycles. The third-order valence-electron chi connectivity index (χ3n) is 3.02. The Morgan fingerprint density at radius 1 is 0.947 bits per heavy atom. The molecule has 0 radical (unpaired) electrons. The first-order chi connectivity index (χ1) is 9.11. The summed E-state index contributed by atoms with van der Waals surface area (Å²) < 4.78 is 0. The van der Waals surface area contributed by atoms with Crippen molar-refractivity contribution in [2.45, 2.75) is 12.3 Å². The number of halogens is 4. The van der Waals surface area contributed by atoms with E-state index in [4.69, 9.17) is 34.8 Å². The smallest absolute Gasteiger partial charge is 0.0453 e. The topological polar surface area (TPSA) is 0 Å². The molecule has 0 saturated heterocycles. The molecular formula is C15H12BrCl3. The lowest BCUT2D eigenvalue weighted by Gasteiger charge is -2.17. The molecule has 2 aromatic rings. The van der Waals surface area contributed by atoms with Crippen LogP contribution in [0.2, 0.25) is 15.1 Å². The van der Waals surface area contributed by atoms with Crippen LogP contribution >= 0.6 is 50.7 Å². The first-order valence-electron chi connectivity index (χ1n) is 5.86. The van der Waals surface area contributed by atoms with Crippen LogP contribution in [0.15, 0.2) is 42.5 Å². The third kappa shape index (κ3) is 3.88. The summed E-state index contributed by atoms with van der Waals surface area (Å²) in [5.74, 6) is 0.288. The molecular weight excluding hydrogens is 366 g/mol. The summed E-state index contributed by atoms with van der Waals surface area (Å²) in [5.41, 5.74) is 2.16. The van der Waals surface area contributed by atoms with Gasteiger partial charge >= 0.3 is 0 Å². The van der Waals surface area contributed by atoms with E-state index in [0.717, 1.165) is 22.3 Å². The quantitative estimate of drug-likeness (QED) is 0.542. The lowest BCUT2D eigenvalue weighted by atomic mass is 9.93. The molecule has 0 nitrogen and oxygen atoms in total. The lowest BCUT2D eigenvalue weighted by Crippen LogP contribution is -2.05. The van der Waals surface area contributed by atoms with Crippen LogP contribution in [0, 0.1) is 0 Å². The summed E-state index contributed by atoms with van der Waals surface area (Å²) >= 11 is 22.0. The van der Waals surface area contributed by atoms with E-state index in [1.165, 1.54) is 5.56 Å². The van der Waals surface area contributed by atoms with Gasteiger partial charge in [0.2, 0.25) is 0 Å². The number of rotatable bonds is 4. The summed E-state index contributed by atoms with van der Waals surface area (Å²) in [7, 11) is 0. The summed E-state index contributed by atoms with van der Waals surface area (Å²) in [6.07, 6.45) is 0.782. The van der Waals surface area contributed by atoms with Crippen molar-refractivity contribution in [2.24, 2.45) is 0 Å². The number of alkyl halides is 1. The molecule has 4 heteroatoms. The van der Waals surface area contributed by atoms with Crippen molar-refractivity contribution in [3.8, 4) is 0 Å². The first-order valence-corrected chi connectivity index (χ1v) is 8.11. The Labute approximate surface area is 136 Å². The van der Waals surface area contributed by atoms with Gasteiger partial charge in [0, 0.05) is 20.4 Å². The van der Waals surface area contributed by atoms with Gasteiger partial charge in [-0.2, -0.15) is 0 Å². The van der Waals surface area contributed by atoms with Crippen LogP contribution in [0.1, 0.15) is 17.0 Å². The second kappa shape index (κ2) is 6.99. The molecule has 19 heavy (non-hydrogen) atoms. The molecule has 0 aliphatic rings. The standard InChI is InChI=1S/C15H12BrCl3/c16-9-11(10-3-1-4-12(17)7-10)8-13-14(18)5-2-6-15(13)19/h1-7,11H,8-9H2. The van der Waals surface area contributed by atoms with Gasteiger partial charge in [-0.3, -0.25) is 0 Å². The van der Waals surface area contributed by atoms with Crippen molar-refractivity contribution in [1.29, 1.82) is 0 Å². The molecule has 0 aromatic heterocycles. The highest BCUT2D eigenvalue weighted by atomic mass is 79.9. The molecule has 100 valence electrons. The zero-order valence-corrected chi connectivity index (χ0v) is 13.9. The van der Waals surface area contributed by atoms with Gasteiger partial charge in [-0.15, -0.1) is 0 Å². The van der Waals surface area contributed by atoms with Crippen molar-refractivity contribution >= 4 is 50.7 Å². The Balaban J connectivity index is 2.29. The van der Waals surface area contributed by atoms with Gasteiger partial charge in [0.15, 0.2) is 0 Å². The predicted octanol–water partition coefficient (Wildman–Crippen LogP) is 6.37. The van der Waals surface area contributed by atoms with Crippen LogP contribution in [0.4, 0.5) is 0 Å². The lowest BCUT2D eigenvalue weighted by molar-refractivity contribution is 0.776. The van der Waals surface area contributed by atoms with Crippen LogP contribution in [-0.4, -0.2) is 5.33 Å². The molecule has 0 fully saturated rings. The van der Waals surface area contributed by atoms with Gasteiger partial charge < -0.3 is 0 Å². The maximum atomic E-state index is 6.22. The Morgan fingerprint density at radius 2 is 1.58 bits per heavy atom. The highest BCUT2D eigenvalue weighted by Crippen LogP contribution is 2.32. The van der Waals surface area contributed by atoms with E-state index >= 15 is 0 Å². The Kier molecular flexibility index (Phi) is 5.58. The van der Waals surface area contributed by atoms with Crippen molar-refractivity contribution in [3.05, 3.63) is 68.7 Å². The average molecular weight is 379 g/mol. The van der Waals surface area contributed by atoms with Gasteiger partial charge in [-0.1, -0.05) is 68.9 Å². The molecule has 0 amide bonds. The van der Waals surface area contributed by atoms with Crippen molar-refractivity contribution in [3.63, 3.8) is 0 Å². The molecule has 2 aromatic carbocycles. The number of hydrogen-bond acceptors (Lipinski definition) is 0. The molecule has 0 aliphatic carbocycles. The minimum absolute atomic E-state index is 0.288. The summed E-state index contributed by atoms with van der Waals surface area (Å²) in [5, 5.41) is 2.99. The van der Waals surface area contributed by atoms with E-state index in [9.17, 15) is 0 Å². The van der Waals surface area contributed by atoms with E-state index in [1.54, 1.807) is 0 Å². The van der Waals surface area contributed by atoms with Crippen LogP contribution in [0.5, 0.6) is 0 Å². The second-order valence-corrected chi connectivity index (χ2v) is 6.21. The summed E-state index contributed by atoms with van der Waals surface area (Å²) in [6, 6.07) is 13.5. The number of hydrogen-bond donors (Lipinski definition) is 0. The van der Waals surface area contributed by atoms with Crippen LogP contribution < -0.4 is 0 Å². The molecule has 0 N–H and O–H groups in total. The molecule has 1 unspecified atom stereocenters. The normalized spacial score (nSPS) is 12.4. The molecule has 0 spiro atoms. The second-order valence-electron chi connectivity index (χ2n) is 4.31. The summed E-state index contributed by atoms with van der Waals surface area (Å²) in [4.78, 5) is 0. The Bertz CT molecular complexity index is 549. The minimum atomic E-state index is 0.288. The fourth-order valence-corrected chi connectivity index (χ4v) is 3.35. The van der Waals surface area contributed by atoms with Crippen LogP contribution in [0.3, 0.4) is 0 Å². The fourth-order valence-electron chi connectivity index (χ4n) is 2.00. The van der Waals surface area contributed by atoms with Crippen molar-refractivity contribution in [1.82, 2.24) is 0 Å². The first kappa shape index (κ1) is 15.2. The maximum absolute atomic E-state index is 6.22. The van der Waals surface area contributed by atoms with Gasteiger partial charge in [-0.05, 0) is 47.7 Å². The average Bonchev–Trinajstić information content (AvgIpc) is 2.38. The largest absolute Gasteiger partial charge is 0.0921 e. The zero-order valence-electron chi connectivity index (χ0n) is 10.0. The summed E-state index contributed by atoms with van der Waals surface area (Å²) in [6.45, 7) is 0. The molecule has 0 bridgehead atoms. The molecule has 1 atom stereocenters. The SMILES string of the molecule is Clc1cccc(C(CBr)Cc2c(Cl)cccc2Cl)c1. The van der Waals surface area contributed by atoms with E-state index in [-0.39, 0.29) is 5.92 Å². The highest BCUT2D eigenvalue weighted by molar-refractivity contribution is 9.09. The predicted molar refractivity (Wildman–Crippen MR) is 88.2 cm³/mol. The van der Waals surface area contributed by atoms with Gasteiger partial charge in [0.25, 0.3) is 0 Å². The molecule has 0 saturated carbocycles. The van der Waals surface area contributed by atoms with E-state index < -0.39 is 0 Å². The van der Waals surface area contributed by atoms with Crippen LogP contribution in [-0.2, 0) is 6.42 Å². The molecule has 2 rings (SSSR count). The van der Waals surface area contributed by atoms with Gasteiger partial charge in [-0.25, -0.2) is 0 Å². The van der Waals surface area contributed by atoms with Crippen molar-refractivity contribution in [2.75, 3.05) is 5.33 Å². The fraction of sp³-hybridized carbons (Fsp3) is 0.200. The highest BCUT2D eigenvalue weighted by Gasteiger charge is 2.15. The Hall–Kier alpha value is -0.210. The van der Waals surface area contributed by atoms with E-state index in [2.05, 4.69) is 22.0 Å². The van der Waals surface area contributed by atoms with E-state index in [1.807, 2.05) is 36.4 Å². The van der Waals surface area contributed by atoms with Gasteiger partial charge in [0.05, 0.1) is 0 Å². The minimum Gasteiger partial charge on any atom is -0.0921 e. The van der Waals surface area contributed by atoms with E-state index in [0.29, 0.717) is 10.0 Å². The van der Waals surface area contributed by atoms with Crippen LogP contribution in [0.25, 0.3) is 0 Å². The number of benzene rings is 2. The van der Waals surface area contributed by atoms with Crippen molar-refractivity contribution < 1.29 is 0 Å². The molecule has 0 heterocycles. The monoisotopic (exact) mass is 376 g/mol. The third-order valence-corrected chi connectivity index (χ3v) is 4.74. The zero-order chi connectivity index (χ0) is 13.8. The maximum Gasteiger partial charge on any atom is 0.0453 e. The Morgan fingerprint density at radius 3 is 2.16 bits per heavy atom. The van der Waals surface area contributed by atoms with Gasteiger partial charge in [0.1, 0.15) is 0 Å².